The molecule has 0 radical (unpaired) electrons. The van der Waals surface area contributed by atoms with Gasteiger partial charge < -0.3 is 0 Å². The molecule has 0 saturated carbocycles. The molecule has 0 aliphatic heterocycles. The summed E-state index contributed by atoms with van der Waals surface area (Å²) in [7, 11) is -3.22. The smallest absolute Gasteiger partial charge is 0.175 e. The average molecular weight is 406 g/mol. The molecule has 124 valence electrons. The Morgan fingerprint density at radius 1 is 1.04 bits per heavy atom. The molecule has 0 aliphatic carbocycles. The van der Waals surface area contributed by atoms with Crippen LogP contribution in [0.5, 0.6) is 0 Å². The molecule has 0 N–H and O–H groups in total. The van der Waals surface area contributed by atoms with Crippen molar-refractivity contribution in [3.63, 3.8) is 0 Å². The van der Waals surface area contributed by atoms with Gasteiger partial charge in [-0.05, 0) is 48.5 Å². The Balaban J connectivity index is 2.10. The van der Waals surface area contributed by atoms with Crippen LogP contribution in [0.15, 0.2) is 57.9 Å². The maximum absolute atomic E-state index is 11.6. The standard InChI is InChI=1S/C17H16BrN3O2S/c1-3-16-19-17(12-4-10-15(11-5-12)24(2,22)23)21(20-16)14-8-6-13(18)7-9-14/h4-11H,3H2,1-2H3. The van der Waals surface area contributed by atoms with Gasteiger partial charge >= 0.3 is 0 Å². The molecule has 5 nitrogen and oxygen atoms in total. The number of benzene rings is 2. The average Bonchev–Trinajstić information content (AvgIpc) is 2.99. The Morgan fingerprint density at radius 2 is 1.67 bits per heavy atom. The number of nitrogens with zero attached hydrogens (tertiary/aromatic N) is 3. The van der Waals surface area contributed by atoms with Gasteiger partial charge in [-0.3, -0.25) is 0 Å². The zero-order valence-electron chi connectivity index (χ0n) is 13.3. The fourth-order valence-electron chi connectivity index (χ4n) is 2.30. The summed E-state index contributed by atoms with van der Waals surface area (Å²) in [6.45, 7) is 2.00. The monoisotopic (exact) mass is 405 g/mol. The van der Waals surface area contributed by atoms with Gasteiger partial charge in [0.15, 0.2) is 21.5 Å². The van der Waals surface area contributed by atoms with Crippen LogP contribution < -0.4 is 0 Å². The van der Waals surface area contributed by atoms with E-state index in [0.717, 1.165) is 28.0 Å². The molecule has 2 aromatic carbocycles. The minimum absolute atomic E-state index is 0.289. The Kier molecular flexibility index (Phi) is 4.56. The van der Waals surface area contributed by atoms with Crippen molar-refractivity contribution in [1.29, 1.82) is 0 Å². The lowest BCUT2D eigenvalue weighted by Gasteiger charge is -2.07. The second-order valence-electron chi connectivity index (χ2n) is 5.39. The summed E-state index contributed by atoms with van der Waals surface area (Å²) in [6, 6.07) is 14.5. The van der Waals surface area contributed by atoms with Gasteiger partial charge in [-0.15, -0.1) is 0 Å². The van der Waals surface area contributed by atoms with Crippen LogP contribution in [0.3, 0.4) is 0 Å². The summed E-state index contributed by atoms with van der Waals surface area (Å²) >= 11 is 3.42. The molecular formula is C17H16BrN3O2S. The zero-order chi connectivity index (χ0) is 17.3. The van der Waals surface area contributed by atoms with E-state index in [1.807, 2.05) is 31.2 Å². The highest BCUT2D eigenvalue weighted by Crippen LogP contribution is 2.24. The van der Waals surface area contributed by atoms with E-state index < -0.39 is 9.84 Å². The fourth-order valence-corrected chi connectivity index (χ4v) is 3.20. The van der Waals surface area contributed by atoms with Gasteiger partial charge in [0, 0.05) is 22.7 Å². The molecule has 0 fully saturated rings. The number of sulfone groups is 1. The first kappa shape index (κ1) is 16.9. The lowest BCUT2D eigenvalue weighted by molar-refractivity contribution is 0.602. The number of hydrogen-bond donors (Lipinski definition) is 0. The lowest BCUT2D eigenvalue weighted by atomic mass is 10.2. The van der Waals surface area contributed by atoms with Gasteiger partial charge in [0.1, 0.15) is 0 Å². The van der Waals surface area contributed by atoms with Gasteiger partial charge in [0.25, 0.3) is 0 Å². The van der Waals surface area contributed by atoms with Gasteiger partial charge in [-0.2, -0.15) is 5.10 Å². The Labute approximate surface area is 149 Å². The van der Waals surface area contributed by atoms with Crippen LogP contribution >= 0.6 is 15.9 Å². The third-order valence-corrected chi connectivity index (χ3v) is 5.24. The van der Waals surface area contributed by atoms with Crippen LogP contribution in [0.25, 0.3) is 17.1 Å². The molecule has 0 bridgehead atoms. The van der Waals surface area contributed by atoms with Gasteiger partial charge in [-0.25, -0.2) is 18.1 Å². The minimum Gasteiger partial charge on any atom is -0.224 e. The molecule has 1 heterocycles. The second-order valence-corrected chi connectivity index (χ2v) is 8.32. The largest absolute Gasteiger partial charge is 0.224 e. The van der Waals surface area contributed by atoms with Crippen LogP contribution in [0.1, 0.15) is 12.7 Å². The molecule has 0 atom stereocenters. The Morgan fingerprint density at radius 3 is 2.21 bits per heavy atom. The summed E-state index contributed by atoms with van der Waals surface area (Å²) < 4.78 is 26.0. The van der Waals surface area contributed by atoms with Crippen molar-refractivity contribution in [2.45, 2.75) is 18.2 Å². The first-order valence-electron chi connectivity index (χ1n) is 7.41. The van der Waals surface area contributed by atoms with Crippen molar-refractivity contribution in [2.24, 2.45) is 0 Å². The van der Waals surface area contributed by atoms with E-state index in [1.165, 1.54) is 6.26 Å². The number of rotatable bonds is 4. The van der Waals surface area contributed by atoms with E-state index >= 15 is 0 Å². The fraction of sp³-hybridized carbons (Fsp3) is 0.176. The number of hydrogen-bond acceptors (Lipinski definition) is 4. The molecule has 3 aromatic rings. The molecule has 3 rings (SSSR count). The zero-order valence-corrected chi connectivity index (χ0v) is 15.7. The highest BCUT2D eigenvalue weighted by atomic mass is 79.9. The summed E-state index contributed by atoms with van der Waals surface area (Å²) in [6.07, 6.45) is 1.92. The predicted molar refractivity (Wildman–Crippen MR) is 97.0 cm³/mol. The van der Waals surface area contributed by atoms with E-state index in [2.05, 4.69) is 26.0 Å². The van der Waals surface area contributed by atoms with Gasteiger partial charge in [0.2, 0.25) is 0 Å². The van der Waals surface area contributed by atoms with Crippen LogP contribution in [0.2, 0.25) is 0 Å². The molecule has 0 aliphatic rings. The maximum Gasteiger partial charge on any atom is 0.175 e. The Bertz CT molecular complexity index is 962. The quantitative estimate of drug-likeness (QED) is 0.663. The van der Waals surface area contributed by atoms with Crippen molar-refractivity contribution < 1.29 is 8.42 Å². The highest BCUT2D eigenvalue weighted by Gasteiger charge is 2.14. The van der Waals surface area contributed by atoms with Crippen molar-refractivity contribution in [1.82, 2.24) is 14.8 Å². The predicted octanol–water partition coefficient (Wildman–Crippen LogP) is 3.66. The number of halogens is 1. The normalized spacial score (nSPS) is 11.6. The van der Waals surface area contributed by atoms with E-state index in [0.29, 0.717) is 5.82 Å². The van der Waals surface area contributed by atoms with Crippen molar-refractivity contribution in [3.8, 4) is 17.1 Å². The second kappa shape index (κ2) is 6.49. The molecule has 0 spiro atoms. The third-order valence-electron chi connectivity index (χ3n) is 3.58. The van der Waals surface area contributed by atoms with Crippen LogP contribution in [0.4, 0.5) is 0 Å². The minimum atomic E-state index is -3.22. The number of aryl methyl sites for hydroxylation is 1. The molecule has 0 amide bonds. The Hall–Kier alpha value is -1.99. The van der Waals surface area contributed by atoms with Crippen LogP contribution in [-0.2, 0) is 16.3 Å². The van der Waals surface area contributed by atoms with Crippen LogP contribution in [-0.4, -0.2) is 29.4 Å². The molecule has 0 unspecified atom stereocenters. The van der Waals surface area contributed by atoms with Crippen LogP contribution in [0, 0.1) is 0 Å². The van der Waals surface area contributed by atoms with Gasteiger partial charge in [-0.1, -0.05) is 22.9 Å². The molecule has 0 saturated heterocycles. The van der Waals surface area contributed by atoms with E-state index in [4.69, 9.17) is 0 Å². The highest BCUT2D eigenvalue weighted by molar-refractivity contribution is 9.10. The van der Waals surface area contributed by atoms with Crippen molar-refractivity contribution >= 4 is 25.8 Å². The third kappa shape index (κ3) is 3.42. The summed E-state index contributed by atoms with van der Waals surface area (Å²) in [5.41, 5.74) is 1.71. The SMILES string of the molecule is CCc1nc(-c2ccc(S(C)(=O)=O)cc2)n(-c2ccc(Br)cc2)n1. The summed E-state index contributed by atoms with van der Waals surface area (Å²) in [4.78, 5) is 4.87. The summed E-state index contributed by atoms with van der Waals surface area (Å²) in [5.74, 6) is 1.43. The van der Waals surface area contributed by atoms with E-state index in [1.54, 1.807) is 28.9 Å². The first-order valence-corrected chi connectivity index (χ1v) is 10.1. The summed E-state index contributed by atoms with van der Waals surface area (Å²) in [5, 5.41) is 4.55. The van der Waals surface area contributed by atoms with E-state index in [-0.39, 0.29) is 4.90 Å². The van der Waals surface area contributed by atoms with Crippen molar-refractivity contribution in [2.75, 3.05) is 6.26 Å². The van der Waals surface area contributed by atoms with Crippen molar-refractivity contribution in [3.05, 3.63) is 58.8 Å². The maximum atomic E-state index is 11.6. The molecular weight excluding hydrogens is 390 g/mol. The first-order chi connectivity index (χ1) is 11.4. The molecule has 1 aromatic heterocycles. The van der Waals surface area contributed by atoms with Gasteiger partial charge in [0.05, 0.1) is 10.6 Å². The molecule has 24 heavy (non-hydrogen) atoms. The number of aromatic nitrogens is 3. The topological polar surface area (TPSA) is 64.8 Å². The van der Waals surface area contributed by atoms with E-state index in [9.17, 15) is 8.42 Å². The lowest BCUT2D eigenvalue weighted by Crippen LogP contribution is -2.00. The molecule has 7 heteroatoms.